The van der Waals surface area contributed by atoms with Crippen LogP contribution >= 0.6 is 0 Å². The molecule has 0 aliphatic heterocycles. The Kier molecular flexibility index (Phi) is 5.57. The number of ether oxygens (including phenoxy) is 1. The van der Waals surface area contributed by atoms with Crippen molar-refractivity contribution in [3.8, 4) is 0 Å². The van der Waals surface area contributed by atoms with E-state index in [9.17, 15) is 9.59 Å². The molecule has 0 bridgehead atoms. The fraction of sp³-hybridized carbons (Fsp3) is 0.389. The highest BCUT2D eigenvalue weighted by atomic mass is 16.5. The van der Waals surface area contributed by atoms with Crippen LogP contribution in [-0.4, -0.2) is 38.1 Å². The molecule has 1 amide bonds. The van der Waals surface area contributed by atoms with Crippen molar-refractivity contribution >= 4 is 23.6 Å². The molecule has 1 atom stereocenters. The molecular weight excluding hydrogens is 364 g/mol. The topological polar surface area (TPSA) is 138 Å². The lowest BCUT2D eigenvalue weighted by Crippen LogP contribution is -2.31. The summed E-state index contributed by atoms with van der Waals surface area (Å²) < 4.78 is 11.8. The van der Waals surface area contributed by atoms with E-state index in [1.54, 1.807) is 23.6 Å². The van der Waals surface area contributed by atoms with Gasteiger partial charge in [-0.05, 0) is 44.9 Å². The predicted octanol–water partition coefficient (Wildman–Crippen LogP) is 1.27. The molecule has 0 saturated heterocycles. The SMILES string of the molecule is Cc1nc2nc(N)nn2c(C)c1CCC(=O)OCC(=O)N[C@@H](C)c1ccco1. The number of anilines is 1. The summed E-state index contributed by atoms with van der Waals surface area (Å²) in [4.78, 5) is 32.3. The van der Waals surface area contributed by atoms with Gasteiger partial charge in [0, 0.05) is 17.8 Å². The largest absolute Gasteiger partial charge is 0.467 e. The molecule has 0 radical (unpaired) electrons. The van der Waals surface area contributed by atoms with Gasteiger partial charge in [0.25, 0.3) is 11.7 Å². The molecule has 0 spiro atoms. The van der Waals surface area contributed by atoms with E-state index < -0.39 is 11.9 Å². The first kappa shape index (κ1) is 19.3. The fourth-order valence-corrected chi connectivity index (χ4v) is 2.92. The molecule has 0 aliphatic carbocycles. The molecule has 3 N–H and O–H groups in total. The van der Waals surface area contributed by atoms with Crippen LogP contribution in [0.15, 0.2) is 22.8 Å². The van der Waals surface area contributed by atoms with Crippen LogP contribution in [0.5, 0.6) is 0 Å². The number of hydrogen-bond acceptors (Lipinski definition) is 8. The number of nitrogens with zero attached hydrogens (tertiary/aromatic N) is 4. The summed E-state index contributed by atoms with van der Waals surface area (Å²) >= 11 is 0. The lowest BCUT2D eigenvalue weighted by Gasteiger charge is -2.12. The number of carbonyl (C=O) groups excluding carboxylic acids is 2. The first-order chi connectivity index (χ1) is 13.3. The number of aryl methyl sites for hydroxylation is 2. The zero-order valence-corrected chi connectivity index (χ0v) is 15.9. The van der Waals surface area contributed by atoms with Gasteiger partial charge in [0.1, 0.15) is 5.76 Å². The van der Waals surface area contributed by atoms with Crippen LogP contribution in [-0.2, 0) is 20.7 Å². The summed E-state index contributed by atoms with van der Waals surface area (Å²) in [5.74, 6) is 0.313. The molecule has 3 aromatic rings. The highest BCUT2D eigenvalue weighted by molar-refractivity contribution is 5.80. The van der Waals surface area contributed by atoms with Crippen LogP contribution in [0.1, 0.15) is 42.1 Å². The van der Waals surface area contributed by atoms with Crippen LogP contribution in [0, 0.1) is 13.8 Å². The van der Waals surface area contributed by atoms with Gasteiger partial charge in [-0.15, -0.1) is 5.10 Å². The summed E-state index contributed by atoms with van der Waals surface area (Å²) in [6.07, 6.45) is 2.05. The molecule has 0 saturated carbocycles. The molecule has 3 aromatic heterocycles. The van der Waals surface area contributed by atoms with Gasteiger partial charge >= 0.3 is 5.97 Å². The number of hydrogen-bond donors (Lipinski definition) is 2. The van der Waals surface area contributed by atoms with Crippen molar-refractivity contribution in [1.82, 2.24) is 24.9 Å². The molecule has 0 aromatic carbocycles. The highest BCUT2D eigenvalue weighted by Crippen LogP contribution is 2.16. The first-order valence-electron chi connectivity index (χ1n) is 8.82. The smallest absolute Gasteiger partial charge is 0.306 e. The normalized spacial score (nSPS) is 12.1. The number of rotatable bonds is 7. The Morgan fingerprint density at radius 1 is 1.36 bits per heavy atom. The number of furan rings is 1. The van der Waals surface area contributed by atoms with Gasteiger partial charge in [-0.3, -0.25) is 9.59 Å². The maximum absolute atomic E-state index is 12.0. The third-order valence-electron chi connectivity index (χ3n) is 4.36. The quantitative estimate of drug-likeness (QED) is 0.579. The van der Waals surface area contributed by atoms with Crippen molar-refractivity contribution in [1.29, 1.82) is 0 Å². The van der Waals surface area contributed by atoms with E-state index in [4.69, 9.17) is 14.9 Å². The van der Waals surface area contributed by atoms with Crippen LogP contribution in [0.2, 0.25) is 0 Å². The van der Waals surface area contributed by atoms with Crippen LogP contribution < -0.4 is 11.1 Å². The zero-order valence-electron chi connectivity index (χ0n) is 15.9. The van der Waals surface area contributed by atoms with Crippen molar-refractivity contribution < 1.29 is 18.7 Å². The number of nitrogen functional groups attached to an aromatic ring is 1. The molecule has 10 heteroatoms. The number of nitrogens with two attached hydrogens (primary N) is 1. The minimum atomic E-state index is -0.474. The van der Waals surface area contributed by atoms with Gasteiger partial charge in [-0.2, -0.15) is 9.50 Å². The van der Waals surface area contributed by atoms with Gasteiger partial charge in [0.05, 0.1) is 12.3 Å². The summed E-state index contributed by atoms with van der Waals surface area (Å²) in [5, 5.41) is 6.80. The van der Waals surface area contributed by atoms with Gasteiger partial charge in [-0.1, -0.05) is 0 Å². The molecule has 28 heavy (non-hydrogen) atoms. The van der Waals surface area contributed by atoms with Gasteiger partial charge in [0.15, 0.2) is 6.61 Å². The molecule has 3 heterocycles. The first-order valence-corrected chi connectivity index (χ1v) is 8.82. The summed E-state index contributed by atoms with van der Waals surface area (Å²) in [5.41, 5.74) is 8.04. The third-order valence-corrected chi connectivity index (χ3v) is 4.36. The number of nitrogens with one attached hydrogen (secondary N) is 1. The van der Waals surface area contributed by atoms with Crippen LogP contribution in [0.25, 0.3) is 5.78 Å². The second kappa shape index (κ2) is 8.07. The molecule has 3 rings (SSSR count). The van der Waals surface area contributed by atoms with Gasteiger partial charge < -0.3 is 20.2 Å². The number of fused-ring (bicyclic) bond motifs is 1. The van der Waals surface area contributed by atoms with Crippen molar-refractivity contribution in [2.24, 2.45) is 0 Å². The fourth-order valence-electron chi connectivity index (χ4n) is 2.92. The van der Waals surface area contributed by atoms with Gasteiger partial charge in [0.2, 0.25) is 5.95 Å². The minimum Gasteiger partial charge on any atom is -0.467 e. The van der Waals surface area contributed by atoms with Crippen molar-refractivity contribution in [3.05, 3.63) is 41.1 Å². The number of amides is 1. The second-order valence-corrected chi connectivity index (χ2v) is 6.41. The molecule has 0 aliphatic rings. The summed E-state index contributed by atoms with van der Waals surface area (Å²) in [6.45, 7) is 5.13. The zero-order chi connectivity index (χ0) is 20.3. The lowest BCUT2D eigenvalue weighted by atomic mass is 10.1. The number of carbonyl (C=O) groups is 2. The summed E-state index contributed by atoms with van der Waals surface area (Å²) in [7, 11) is 0. The van der Waals surface area contributed by atoms with E-state index in [1.165, 1.54) is 6.26 Å². The second-order valence-electron chi connectivity index (χ2n) is 6.41. The Labute approximate surface area is 161 Å². The maximum atomic E-state index is 12.0. The number of esters is 1. The molecule has 0 fully saturated rings. The van der Waals surface area contributed by atoms with E-state index in [1.807, 2.05) is 13.8 Å². The van der Waals surface area contributed by atoms with Crippen molar-refractivity contribution in [3.63, 3.8) is 0 Å². The minimum absolute atomic E-state index is 0.111. The van der Waals surface area contributed by atoms with Crippen molar-refractivity contribution in [2.45, 2.75) is 39.7 Å². The van der Waals surface area contributed by atoms with E-state index >= 15 is 0 Å². The molecule has 0 unspecified atom stereocenters. The Morgan fingerprint density at radius 3 is 2.86 bits per heavy atom. The van der Waals surface area contributed by atoms with Crippen molar-refractivity contribution in [2.75, 3.05) is 12.3 Å². The van der Waals surface area contributed by atoms with Crippen LogP contribution in [0.4, 0.5) is 5.95 Å². The van der Waals surface area contributed by atoms with E-state index in [0.717, 1.165) is 17.0 Å². The summed E-state index contributed by atoms with van der Waals surface area (Å²) in [6, 6.07) is 3.19. The Bertz CT molecular complexity index is 995. The average molecular weight is 386 g/mol. The van der Waals surface area contributed by atoms with Crippen LogP contribution in [0.3, 0.4) is 0 Å². The monoisotopic (exact) mass is 386 g/mol. The van der Waals surface area contributed by atoms with E-state index in [-0.39, 0.29) is 25.0 Å². The van der Waals surface area contributed by atoms with E-state index in [0.29, 0.717) is 18.0 Å². The Morgan fingerprint density at radius 2 is 2.14 bits per heavy atom. The Balaban J connectivity index is 1.52. The lowest BCUT2D eigenvalue weighted by molar-refractivity contribution is -0.148. The van der Waals surface area contributed by atoms with E-state index in [2.05, 4.69) is 20.4 Å². The van der Waals surface area contributed by atoms with Gasteiger partial charge in [-0.25, -0.2) is 4.98 Å². The molecule has 10 nitrogen and oxygen atoms in total. The molecule has 148 valence electrons. The number of aromatic nitrogens is 4. The average Bonchev–Trinajstić information content (AvgIpc) is 3.29. The predicted molar refractivity (Wildman–Crippen MR) is 99.2 cm³/mol. The maximum Gasteiger partial charge on any atom is 0.306 e. The Hall–Kier alpha value is -3.43. The standard InChI is InChI=1S/C18H22N6O4/c1-10-13(12(3)24-18(21-10)22-17(19)23-24)6-7-16(26)28-9-15(25)20-11(2)14-5-4-8-27-14/h4-5,8,11H,6-7,9H2,1-3H3,(H2,19,23)(H,20,25)/t11-/m0/s1. The molecular formula is C18H22N6O4. The third kappa shape index (κ3) is 4.27. The highest BCUT2D eigenvalue weighted by Gasteiger charge is 2.16.